The second-order valence-corrected chi connectivity index (χ2v) is 8.15. The second-order valence-electron chi connectivity index (χ2n) is 8.15. The zero-order valence-electron chi connectivity index (χ0n) is 18.2. The molecule has 0 spiro atoms. The van der Waals surface area contributed by atoms with E-state index >= 15 is 0 Å². The highest BCUT2D eigenvalue weighted by atomic mass is 15.0. The van der Waals surface area contributed by atoms with Crippen molar-refractivity contribution in [1.29, 1.82) is 0 Å². The Labute approximate surface area is 188 Å². The fraction of sp³-hybridized carbons (Fsp3) is 0.143. The van der Waals surface area contributed by atoms with Crippen LogP contribution < -0.4 is 0 Å². The van der Waals surface area contributed by atoms with E-state index in [9.17, 15) is 0 Å². The molecule has 2 aromatic carbocycles. The van der Waals surface area contributed by atoms with Crippen molar-refractivity contribution in [2.75, 3.05) is 0 Å². The summed E-state index contributed by atoms with van der Waals surface area (Å²) in [6.45, 7) is 4.24. The molecule has 2 heterocycles. The topological polar surface area (TPSA) is 51.6 Å². The average molecular weight is 417 g/mol. The van der Waals surface area contributed by atoms with E-state index in [1.807, 2.05) is 55.6 Å². The van der Waals surface area contributed by atoms with Crippen LogP contribution in [-0.4, -0.2) is 19.9 Å². The number of allylic oxidation sites excluding steroid dienone is 4. The van der Waals surface area contributed by atoms with Crippen molar-refractivity contribution in [3.8, 4) is 33.9 Å². The van der Waals surface area contributed by atoms with E-state index in [-0.39, 0.29) is 0 Å². The van der Waals surface area contributed by atoms with E-state index < -0.39 is 0 Å². The number of hydrogen-bond acceptors (Lipinski definition) is 4. The largest absolute Gasteiger partial charge is 0.261 e. The molecule has 156 valence electrons. The molecule has 0 bridgehead atoms. The molecule has 0 fully saturated rings. The molecule has 1 atom stereocenters. The lowest BCUT2D eigenvalue weighted by Crippen LogP contribution is -2.06. The molecule has 4 nitrogen and oxygen atoms in total. The molecule has 1 unspecified atom stereocenters. The molecule has 0 aliphatic heterocycles. The Morgan fingerprint density at radius 2 is 1.47 bits per heavy atom. The Morgan fingerprint density at radius 1 is 0.750 bits per heavy atom. The number of aromatic nitrogens is 4. The van der Waals surface area contributed by atoms with Crippen molar-refractivity contribution in [3.05, 3.63) is 103 Å². The number of hydrogen-bond donors (Lipinski definition) is 0. The summed E-state index contributed by atoms with van der Waals surface area (Å²) >= 11 is 0. The lowest BCUT2D eigenvalue weighted by Gasteiger charge is -2.15. The lowest BCUT2D eigenvalue weighted by atomic mass is 9.95. The van der Waals surface area contributed by atoms with Crippen LogP contribution >= 0.6 is 0 Å². The smallest absolute Gasteiger partial charge is 0.164 e. The van der Waals surface area contributed by atoms with Crippen molar-refractivity contribution >= 4 is 5.57 Å². The molecule has 0 amide bonds. The molecular weight excluding hydrogens is 392 g/mol. The maximum atomic E-state index is 4.90. The lowest BCUT2D eigenvalue weighted by molar-refractivity contribution is 0.742. The second kappa shape index (κ2) is 8.67. The minimum atomic E-state index is 0.465. The van der Waals surface area contributed by atoms with Gasteiger partial charge in [0, 0.05) is 28.6 Å². The van der Waals surface area contributed by atoms with E-state index in [4.69, 9.17) is 15.0 Å². The van der Waals surface area contributed by atoms with Crippen molar-refractivity contribution in [3.63, 3.8) is 0 Å². The van der Waals surface area contributed by atoms with Crippen LogP contribution in [0.1, 0.15) is 24.9 Å². The van der Waals surface area contributed by atoms with Crippen LogP contribution in [0.25, 0.3) is 39.5 Å². The Bertz CT molecular complexity index is 1320. The molecule has 32 heavy (non-hydrogen) atoms. The van der Waals surface area contributed by atoms with E-state index in [1.165, 1.54) is 0 Å². The van der Waals surface area contributed by atoms with Gasteiger partial charge in [-0.25, -0.2) is 15.0 Å². The SMILES string of the molecule is Cc1ncccc1-c1cccc(-c2nc(C3=CC=CC(C)C3)nc(-c3ccccc3)n2)c1. The minimum absolute atomic E-state index is 0.465. The van der Waals surface area contributed by atoms with E-state index in [0.717, 1.165) is 45.8 Å². The number of rotatable bonds is 4. The quantitative estimate of drug-likeness (QED) is 0.378. The van der Waals surface area contributed by atoms with Gasteiger partial charge in [0.1, 0.15) is 0 Å². The standard InChI is InChI=1S/C28H24N4/c1-19-9-6-13-23(17-19)27-30-26(21-10-4-3-5-11-21)31-28(32-27)24-14-7-12-22(18-24)25-15-8-16-29-20(25)2/h3-16,18-19H,17H2,1-2H3. The highest BCUT2D eigenvalue weighted by Gasteiger charge is 2.16. The van der Waals surface area contributed by atoms with Crippen molar-refractivity contribution in [1.82, 2.24) is 19.9 Å². The van der Waals surface area contributed by atoms with Crippen LogP contribution in [0.3, 0.4) is 0 Å². The van der Waals surface area contributed by atoms with Crippen LogP contribution in [0.2, 0.25) is 0 Å². The first-order valence-electron chi connectivity index (χ1n) is 10.9. The molecule has 0 saturated heterocycles. The fourth-order valence-electron chi connectivity index (χ4n) is 3.99. The van der Waals surface area contributed by atoms with Crippen LogP contribution in [0.4, 0.5) is 0 Å². The van der Waals surface area contributed by atoms with Crippen LogP contribution in [0.15, 0.2) is 91.2 Å². The molecule has 2 aromatic heterocycles. The first kappa shape index (κ1) is 20.0. The number of aryl methyl sites for hydroxylation is 1. The molecular formula is C28H24N4. The van der Waals surface area contributed by atoms with Crippen molar-refractivity contribution < 1.29 is 0 Å². The highest BCUT2D eigenvalue weighted by molar-refractivity contribution is 5.73. The zero-order chi connectivity index (χ0) is 21.9. The number of pyridine rings is 1. The van der Waals surface area contributed by atoms with Gasteiger partial charge >= 0.3 is 0 Å². The van der Waals surface area contributed by atoms with Gasteiger partial charge in [-0.3, -0.25) is 4.98 Å². The summed E-state index contributed by atoms with van der Waals surface area (Å²) in [5, 5.41) is 0. The summed E-state index contributed by atoms with van der Waals surface area (Å²) in [5.41, 5.74) is 6.30. The molecule has 1 aliphatic carbocycles. The van der Waals surface area contributed by atoms with Gasteiger partial charge in [0.25, 0.3) is 0 Å². The summed E-state index contributed by atoms with van der Waals surface area (Å²) in [7, 11) is 0. The number of benzene rings is 2. The molecule has 5 rings (SSSR count). The van der Waals surface area contributed by atoms with E-state index in [1.54, 1.807) is 0 Å². The third-order valence-electron chi connectivity index (χ3n) is 5.67. The molecule has 4 heteroatoms. The summed E-state index contributed by atoms with van der Waals surface area (Å²) in [4.78, 5) is 19.1. The fourth-order valence-corrected chi connectivity index (χ4v) is 3.99. The highest BCUT2D eigenvalue weighted by Crippen LogP contribution is 2.30. The first-order valence-corrected chi connectivity index (χ1v) is 10.9. The predicted molar refractivity (Wildman–Crippen MR) is 130 cm³/mol. The molecule has 4 aromatic rings. The van der Waals surface area contributed by atoms with Crippen molar-refractivity contribution in [2.45, 2.75) is 20.3 Å². The van der Waals surface area contributed by atoms with Crippen LogP contribution in [-0.2, 0) is 0 Å². The normalized spacial score (nSPS) is 15.4. The van der Waals surface area contributed by atoms with Crippen molar-refractivity contribution in [2.24, 2.45) is 5.92 Å². The summed E-state index contributed by atoms with van der Waals surface area (Å²) in [6, 6.07) is 22.5. The van der Waals surface area contributed by atoms with E-state index in [0.29, 0.717) is 17.6 Å². The monoisotopic (exact) mass is 416 g/mol. The molecule has 0 saturated carbocycles. The summed E-state index contributed by atoms with van der Waals surface area (Å²) in [6.07, 6.45) is 9.16. The van der Waals surface area contributed by atoms with Gasteiger partial charge in [-0.2, -0.15) is 0 Å². The Balaban J connectivity index is 1.65. The van der Waals surface area contributed by atoms with Gasteiger partial charge in [-0.15, -0.1) is 0 Å². The Kier molecular flexibility index (Phi) is 5.42. The van der Waals surface area contributed by atoms with Crippen LogP contribution in [0.5, 0.6) is 0 Å². The van der Waals surface area contributed by atoms with E-state index in [2.05, 4.69) is 54.4 Å². The third kappa shape index (κ3) is 4.12. The van der Waals surface area contributed by atoms with Gasteiger partial charge in [-0.05, 0) is 42.5 Å². The van der Waals surface area contributed by atoms with Gasteiger partial charge in [0.2, 0.25) is 0 Å². The van der Waals surface area contributed by atoms with Crippen LogP contribution in [0, 0.1) is 12.8 Å². The van der Waals surface area contributed by atoms with Gasteiger partial charge in [-0.1, -0.05) is 79.7 Å². The Morgan fingerprint density at radius 3 is 2.25 bits per heavy atom. The summed E-state index contributed by atoms with van der Waals surface area (Å²) in [5.74, 6) is 2.58. The molecule has 1 aliphatic rings. The maximum absolute atomic E-state index is 4.90. The predicted octanol–water partition coefficient (Wildman–Crippen LogP) is 6.56. The Hall–Kier alpha value is -3.92. The third-order valence-corrected chi connectivity index (χ3v) is 5.67. The molecule has 0 radical (unpaired) electrons. The number of nitrogens with zero attached hydrogens (tertiary/aromatic N) is 4. The van der Waals surface area contributed by atoms with Gasteiger partial charge in [0.05, 0.1) is 0 Å². The maximum Gasteiger partial charge on any atom is 0.164 e. The summed E-state index contributed by atoms with van der Waals surface area (Å²) < 4.78 is 0. The van der Waals surface area contributed by atoms with Gasteiger partial charge < -0.3 is 0 Å². The minimum Gasteiger partial charge on any atom is -0.261 e. The molecule has 0 N–H and O–H groups in total. The van der Waals surface area contributed by atoms with Gasteiger partial charge in [0.15, 0.2) is 17.5 Å². The average Bonchev–Trinajstić information content (AvgIpc) is 2.85. The first-order chi connectivity index (χ1) is 15.7. The zero-order valence-corrected chi connectivity index (χ0v) is 18.2.